The first kappa shape index (κ1) is 16.0. The maximum Gasteiger partial charge on any atom is 0.254 e. The highest BCUT2D eigenvalue weighted by atomic mass is 16.5. The van der Waals surface area contributed by atoms with Gasteiger partial charge in [0, 0.05) is 31.4 Å². The number of fused-ring (bicyclic) bond motifs is 1. The SMILES string of the molecule is O=C(c1ccnc(N2CCn3nc(CO)cc3C2)c1)N1CCOCC1. The highest BCUT2D eigenvalue weighted by Gasteiger charge is 2.22. The summed E-state index contributed by atoms with van der Waals surface area (Å²) in [5.41, 5.74) is 2.38. The van der Waals surface area contributed by atoms with Crippen LogP contribution in [0.2, 0.25) is 0 Å². The van der Waals surface area contributed by atoms with E-state index in [1.165, 1.54) is 0 Å². The van der Waals surface area contributed by atoms with Crippen LogP contribution in [0.5, 0.6) is 0 Å². The summed E-state index contributed by atoms with van der Waals surface area (Å²) < 4.78 is 7.23. The van der Waals surface area contributed by atoms with Gasteiger partial charge in [0.2, 0.25) is 0 Å². The molecule has 2 aromatic rings. The number of carbonyl (C=O) groups excluding carboxylic acids is 1. The average Bonchev–Trinajstić information content (AvgIpc) is 3.10. The third-order valence-electron chi connectivity index (χ3n) is 4.63. The molecule has 25 heavy (non-hydrogen) atoms. The minimum atomic E-state index is -0.0538. The van der Waals surface area contributed by atoms with Crippen LogP contribution in [0.15, 0.2) is 24.4 Å². The number of hydrogen-bond acceptors (Lipinski definition) is 6. The molecular formula is C17H21N5O3. The van der Waals surface area contributed by atoms with Gasteiger partial charge in [0.25, 0.3) is 5.91 Å². The molecular weight excluding hydrogens is 322 g/mol. The molecule has 2 aromatic heterocycles. The predicted molar refractivity (Wildman–Crippen MR) is 90.2 cm³/mol. The van der Waals surface area contributed by atoms with Gasteiger partial charge in [-0.3, -0.25) is 9.48 Å². The van der Waals surface area contributed by atoms with E-state index in [0.717, 1.165) is 24.6 Å². The summed E-state index contributed by atoms with van der Waals surface area (Å²) in [6.07, 6.45) is 1.69. The van der Waals surface area contributed by atoms with Crippen molar-refractivity contribution in [2.45, 2.75) is 19.7 Å². The highest BCUT2D eigenvalue weighted by molar-refractivity contribution is 5.94. The van der Waals surface area contributed by atoms with Gasteiger partial charge in [0.15, 0.2) is 0 Å². The first-order valence-electron chi connectivity index (χ1n) is 8.49. The highest BCUT2D eigenvalue weighted by Crippen LogP contribution is 2.21. The zero-order chi connectivity index (χ0) is 17.2. The molecule has 2 aliphatic rings. The molecule has 1 fully saturated rings. The van der Waals surface area contributed by atoms with Crippen LogP contribution in [0.25, 0.3) is 0 Å². The largest absolute Gasteiger partial charge is 0.390 e. The molecule has 0 spiro atoms. The predicted octanol–water partition coefficient (Wildman–Crippen LogP) is 0.263. The van der Waals surface area contributed by atoms with Crippen LogP contribution in [0.1, 0.15) is 21.7 Å². The van der Waals surface area contributed by atoms with Gasteiger partial charge in [0.05, 0.1) is 44.3 Å². The maximum absolute atomic E-state index is 12.7. The lowest BCUT2D eigenvalue weighted by atomic mass is 10.2. The molecule has 0 aromatic carbocycles. The van der Waals surface area contributed by atoms with Gasteiger partial charge in [-0.1, -0.05) is 0 Å². The quantitative estimate of drug-likeness (QED) is 0.861. The van der Waals surface area contributed by atoms with Crippen LogP contribution in [-0.2, 0) is 24.4 Å². The number of amides is 1. The first-order chi connectivity index (χ1) is 12.2. The molecule has 0 atom stereocenters. The zero-order valence-corrected chi connectivity index (χ0v) is 14.0. The van der Waals surface area contributed by atoms with Crippen molar-refractivity contribution in [3.8, 4) is 0 Å². The number of aromatic nitrogens is 3. The molecule has 0 unspecified atom stereocenters. The van der Waals surface area contributed by atoms with Crippen LogP contribution in [0, 0.1) is 0 Å². The van der Waals surface area contributed by atoms with E-state index in [1.54, 1.807) is 12.3 Å². The van der Waals surface area contributed by atoms with E-state index in [4.69, 9.17) is 4.74 Å². The third-order valence-corrected chi connectivity index (χ3v) is 4.63. The van der Waals surface area contributed by atoms with Crippen LogP contribution in [-0.4, -0.2) is 63.5 Å². The van der Waals surface area contributed by atoms with Crippen LogP contribution in [0.4, 0.5) is 5.82 Å². The fraction of sp³-hybridized carbons (Fsp3) is 0.471. The summed E-state index contributed by atoms with van der Waals surface area (Å²) >= 11 is 0. The van der Waals surface area contributed by atoms with Crippen molar-refractivity contribution in [2.24, 2.45) is 0 Å². The van der Waals surface area contributed by atoms with E-state index in [0.29, 0.717) is 44.1 Å². The number of aliphatic hydroxyl groups is 1. The fourth-order valence-corrected chi connectivity index (χ4v) is 3.27. The number of morpholine rings is 1. The number of carbonyl (C=O) groups is 1. The minimum absolute atomic E-state index is 0.0246. The summed E-state index contributed by atoms with van der Waals surface area (Å²) in [7, 11) is 0. The van der Waals surface area contributed by atoms with Gasteiger partial charge in [-0.05, 0) is 18.2 Å². The number of rotatable bonds is 3. The van der Waals surface area contributed by atoms with Gasteiger partial charge < -0.3 is 19.6 Å². The Morgan fingerprint density at radius 3 is 2.84 bits per heavy atom. The fourth-order valence-electron chi connectivity index (χ4n) is 3.27. The van der Waals surface area contributed by atoms with E-state index in [-0.39, 0.29) is 12.5 Å². The Bertz CT molecular complexity index is 769. The molecule has 1 saturated heterocycles. The van der Waals surface area contributed by atoms with Gasteiger partial charge in [-0.15, -0.1) is 0 Å². The van der Waals surface area contributed by atoms with Crippen molar-refractivity contribution in [3.05, 3.63) is 41.3 Å². The Balaban J connectivity index is 1.52. The number of aliphatic hydroxyl groups excluding tert-OH is 1. The number of ether oxygens (including phenoxy) is 1. The van der Waals surface area contributed by atoms with Gasteiger partial charge >= 0.3 is 0 Å². The smallest absolute Gasteiger partial charge is 0.254 e. The molecule has 1 amide bonds. The van der Waals surface area contributed by atoms with Crippen molar-refractivity contribution in [1.82, 2.24) is 19.7 Å². The summed E-state index contributed by atoms with van der Waals surface area (Å²) in [6.45, 7) is 4.55. The monoisotopic (exact) mass is 343 g/mol. The Morgan fingerprint density at radius 1 is 1.20 bits per heavy atom. The molecule has 132 valence electrons. The first-order valence-corrected chi connectivity index (χ1v) is 8.49. The second-order valence-corrected chi connectivity index (χ2v) is 6.24. The van der Waals surface area contributed by atoms with Crippen LogP contribution < -0.4 is 4.90 Å². The zero-order valence-electron chi connectivity index (χ0n) is 14.0. The Kier molecular flexibility index (Phi) is 4.37. The topological polar surface area (TPSA) is 83.7 Å². The molecule has 2 aliphatic heterocycles. The number of pyridine rings is 1. The molecule has 4 rings (SSSR count). The van der Waals surface area contributed by atoms with E-state index >= 15 is 0 Å². The minimum Gasteiger partial charge on any atom is -0.390 e. The Hall–Kier alpha value is -2.45. The summed E-state index contributed by atoms with van der Waals surface area (Å²) in [5, 5.41) is 13.6. The molecule has 0 radical (unpaired) electrons. The number of anilines is 1. The van der Waals surface area contributed by atoms with Crippen molar-refractivity contribution in [3.63, 3.8) is 0 Å². The molecule has 8 nitrogen and oxygen atoms in total. The average molecular weight is 343 g/mol. The van der Waals surface area contributed by atoms with Crippen molar-refractivity contribution >= 4 is 11.7 Å². The van der Waals surface area contributed by atoms with Gasteiger partial charge in [-0.2, -0.15) is 5.10 Å². The maximum atomic E-state index is 12.7. The second-order valence-electron chi connectivity index (χ2n) is 6.24. The molecule has 0 bridgehead atoms. The summed E-state index contributed by atoms with van der Waals surface area (Å²) in [6, 6.07) is 5.53. The van der Waals surface area contributed by atoms with E-state index < -0.39 is 0 Å². The van der Waals surface area contributed by atoms with Crippen molar-refractivity contribution in [2.75, 3.05) is 37.7 Å². The van der Waals surface area contributed by atoms with Gasteiger partial charge in [0.1, 0.15) is 5.82 Å². The van der Waals surface area contributed by atoms with Crippen molar-refractivity contribution < 1.29 is 14.6 Å². The molecule has 8 heteroatoms. The molecule has 4 heterocycles. The standard InChI is InChI=1S/C17H21N5O3/c23-12-14-10-15-11-21(3-4-22(15)19-14)16-9-13(1-2-18-16)17(24)20-5-7-25-8-6-20/h1-2,9-10,23H,3-8,11-12H2. The molecule has 0 aliphatic carbocycles. The lowest BCUT2D eigenvalue weighted by Crippen LogP contribution is -2.40. The van der Waals surface area contributed by atoms with Gasteiger partial charge in [-0.25, -0.2) is 4.98 Å². The third kappa shape index (κ3) is 3.22. The lowest BCUT2D eigenvalue weighted by molar-refractivity contribution is 0.0303. The second kappa shape index (κ2) is 6.81. The van der Waals surface area contributed by atoms with Crippen LogP contribution >= 0.6 is 0 Å². The molecule has 0 saturated carbocycles. The summed E-state index contributed by atoms with van der Waals surface area (Å²) in [4.78, 5) is 21.1. The van der Waals surface area contributed by atoms with E-state index in [1.807, 2.05) is 21.7 Å². The Morgan fingerprint density at radius 2 is 2.04 bits per heavy atom. The molecule has 1 N–H and O–H groups in total. The summed E-state index contributed by atoms with van der Waals surface area (Å²) in [5.74, 6) is 0.814. The number of hydrogen-bond donors (Lipinski definition) is 1. The Labute approximate surface area is 145 Å². The van der Waals surface area contributed by atoms with E-state index in [9.17, 15) is 9.90 Å². The van der Waals surface area contributed by atoms with Crippen molar-refractivity contribution in [1.29, 1.82) is 0 Å². The van der Waals surface area contributed by atoms with Crippen LogP contribution in [0.3, 0.4) is 0 Å². The van der Waals surface area contributed by atoms with E-state index in [2.05, 4.69) is 15.0 Å². The number of nitrogens with zero attached hydrogens (tertiary/aromatic N) is 5. The normalized spacial score (nSPS) is 17.5. The lowest BCUT2D eigenvalue weighted by Gasteiger charge is -2.30.